The van der Waals surface area contributed by atoms with Crippen molar-refractivity contribution in [2.45, 2.75) is 19.8 Å². The molecule has 0 bridgehead atoms. The van der Waals surface area contributed by atoms with E-state index in [2.05, 4.69) is 5.32 Å². The van der Waals surface area contributed by atoms with Crippen molar-refractivity contribution in [3.63, 3.8) is 0 Å². The minimum Gasteiger partial charge on any atom is -0.497 e. The zero-order chi connectivity index (χ0) is 14.3. The van der Waals surface area contributed by atoms with Gasteiger partial charge < -0.3 is 14.8 Å². The molecule has 2 aliphatic rings. The van der Waals surface area contributed by atoms with E-state index >= 15 is 0 Å². The normalized spacial score (nSPS) is 21.6. The SMILES string of the molecule is COc1cccc(C2C(C)=C(C)NC3=C2C(=O)OC3)c1. The van der Waals surface area contributed by atoms with Crippen LogP contribution in [-0.2, 0) is 9.53 Å². The van der Waals surface area contributed by atoms with Gasteiger partial charge in [-0.15, -0.1) is 0 Å². The van der Waals surface area contributed by atoms with Gasteiger partial charge >= 0.3 is 5.97 Å². The summed E-state index contributed by atoms with van der Waals surface area (Å²) in [6, 6.07) is 7.84. The molecule has 0 aromatic heterocycles. The van der Waals surface area contributed by atoms with Crippen LogP contribution in [0.2, 0.25) is 0 Å². The molecule has 0 saturated carbocycles. The number of cyclic esters (lactones) is 1. The number of carbonyl (C=O) groups excluding carboxylic acids is 1. The summed E-state index contributed by atoms with van der Waals surface area (Å²) in [4.78, 5) is 12.0. The highest BCUT2D eigenvalue weighted by Gasteiger charge is 2.37. The van der Waals surface area contributed by atoms with Crippen LogP contribution in [0, 0.1) is 0 Å². The smallest absolute Gasteiger partial charge is 0.337 e. The molecule has 0 fully saturated rings. The lowest BCUT2D eigenvalue weighted by molar-refractivity contribution is -0.136. The Hall–Kier alpha value is -2.23. The zero-order valence-corrected chi connectivity index (χ0v) is 11.8. The monoisotopic (exact) mass is 271 g/mol. The first kappa shape index (κ1) is 12.8. The molecule has 1 aromatic rings. The second-order valence-electron chi connectivity index (χ2n) is 5.11. The number of hydrogen-bond acceptors (Lipinski definition) is 4. The van der Waals surface area contributed by atoms with Gasteiger partial charge in [0.1, 0.15) is 12.4 Å². The van der Waals surface area contributed by atoms with Gasteiger partial charge in [-0.05, 0) is 37.1 Å². The van der Waals surface area contributed by atoms with Crippen LogP contribution in [0.4, 0.5) is 0 Å². The molecule has 1 unspecified atom stereocenters. The van der Waals surface area contributed by atoms with Crippen LogP contribution < -0.4 is 10.1 Å². The van der Waals surface area contributed by atoms with Gasteiger partial charge in [-0.3, -0.25) is 0 Å². The minimum atomic E-state index is -0.229. The molecule has 4 nitrogen and oxygen atoms in total. The second-order valence-corrected chi connectivity index (χ2v) is 5.11. The lowest BCUT2D eigenvalue weighted by atomic mass is 9.82. The lowest BCUT2D eigenvalue weighted by Gasteiger charge is -2.27. The molecule has 3 rings (SSSR count). The van der Waals surface area contributed by atoms with Crippen molar-refractivity contribution in [2.24, 2.45) is 0 Å². The summed E-state index contributed by atoms with van der Waals surface area (Å²) in [6.45, 7) is 4.40. The number of esters is 1. The van der Waals surface area contributed by atoms with E-state index in [0.717, 1.165) is 33.9 Å². The van der Waals surface area contributed by atoms with E-state index < -0.39 is 0 Å². The first-order chi connectivity index (χ1) is 9.61. The van der Waals surface area contributed by atoms with Crippen LogP contribution in [0.25, 0.3) is 0 Å². The maximum Gasteiger partial charge on any atom is 0.337 e. The van der Waals surface area contributed by atoms with Crippen LogP contribution in [0.5, 0.6) is 5.75 Å². The molecule has 104 valence electrons. The van der Waals surface area contributed by atoms with E-state index in [0.29, 0.717) is 6.61 Å². The Morgan fingerprint density at radius 3 is 2.90 bits per heavy atom. The number of rotatable bonds is 2. The summed E-state index contributed by atoms with van der Waals surface area (Å²) < 4.78 is 10.5. The Labute approximate surface area is 118 Å². The van der Waals surface area contributed by atoms with E-state index in [1.807, 2.05) is 38.1 Å². The quantitative estimate of drug-likeness (QED) is 0.840. The third-order valence-electron chi connectivity index (χ3n) is 3.97. The minimum absolute atomic E-state index is 0.0589. The molecular formula is C16H17NO3. The van der Waals surface area contributed by atoms with Gasteiger partial charge in [-0.25, -0.2) is 4.79 Å². The van der Waals surface area contributed by atoms with Gasteiger partial charge in [0.25, 0.3) is 0 Å². The zero-order valence-electron chi connectivity index (χ0n) is 11.8. The Bertz CT molecular complexity index is 643. The molecule has 0 radical (unpaired) electrons. The van der Waals surface area contributed by atoms with Crippen molar-refractivity contribution < 1.29 is 14.3 Å². The predicted molar refractivity (Wildman–Crippen MR) is 75.2 cm³/mol. The molecule has 0 aliphatic carbocycles. The Morgan fingerprint density at radius 1 is 1.35 bits per heavy atom. The second kappa shape index (κ2) is 4.71. The molecule has 4 heteroatoms. The fourth-order valence-corrected chi connectivity index (χ4v) is 2.81. The third kappa shape index (κ3) is 1.88. The van der Waals surface area contributed by atoms with Gasteiger partial charge in [0.15, 0.2) is 0 Å². The number of benzene rings is 1. The summed E-state index contributed by atoms with van der Waals surface area (Å²) in [5, 5.41) is 3.27. The van der Waals surface area contributed by atoms with E-state index in [-0.39, 0.29) is 11.9 Å². The summed E-state index contributed by atoms with van der Waals surface area (Å²) >= 11 is 0. The first-order valence-corrected chi connectivity index (χ1v) is 6.60. The topological polar surface area (TPSA) is 47.6 Å². The fraction of sp³-hybridized carbons (Fsp3) is 0.312. The number of ether oxygens (including phenoxy) is 2. The standard InChI is InChI=1S/C16H17NO3/c1-9-10(2)17-13-8-20-16(18)15(13)14(9)11-5-4-6-12(7-11)19-3/h4-7,14,17H,8H2,1-3H3. The molecule has 0 saturated heterocycles. The molecule has 2 heterocycles. The summed E-state index contributed by atoms with van der Waals surface area (Å²) in [7, 11) is 1.64. The van der Waals surface area contributed by atoms with Gasteiger partial charge in [-0.1, -0.05) is 12.1 Å². The maximum absolute atomic E-state index is 12.0. The van der Waals surface area contributed by atoms with Crippen molar-refractivity contribution in [1.29, 1.82) is 0 Å². The average Bonchev–Trinajstić information content (AvgIpc) is 2.81. The highest BCUT2D eigenvalue weighted by Crippen LogP contribution is 2.41. The Morgan fingerprint density at radius 2 is 2.15 bits per heavy atom. The predicted octanol–water partition coefficient (Wildman–Crippen LogP) is 2.49. The third-order valence-corrected chi connectivity index (χ3v) is 3.97. The van der Waals surface area contributed by atoms with Gasteiger partial charge in [0.2, 0.25) is 0 Å². The van der Waals surface area contributed by atoms with Gasteiger partial charge in [0, 0.05) is 11.6 Å². The fourth-order valence-electron chi connectivity index (χ4n) is 2.81. The summed E-state index contributed by atoms with van der Waals surface area (Å²) in [6.07, 6.45) is 0. The van der Waals surface area contributed by atoms with Crippen molar-refractivity contribution in [3.8, 4) is 5.75 Å². The van der Waals surface area contributed by atoms with Crippen LogP contribution in [0.1, 0.15) is 25.3 Å². The van der Waals surface area contributed by atoms with Crippen molar-refractivity contribution in [3.05, 3.63) is 52.4 Å². The van der Waals surface area contributed by atoms with E-state index in [9.17, 15) is 4.79 Å². The first-order valence-electron chi connectivity index (χ1n) is 6.60. The molecule has 1 aromatic carbocycles. The number of dihydropyridines is 1. The number of hydrogen-bond donors (Lipinski definition) is 1. The van der Waals surface area contributed by atoms with Crippen molar-refractivity contribution in [2.75, 3.05) is 13.7 Å². The molecule has 1 N–H and O–H groups in total. The summed E-state index contributed by atoms with van der Waals surface area (Å²) in [5.41, 5.74) is 4.87. The Kier molecular flexibility index (Phi) is 3.01. The van der Waals surface area contributed by atoms with E-state index in [1.165, 1.54) is 0 Å². The average molecular weight is 271 g/mol. The molecule has 20 heavy (non-hydrogen) atoms. The number of methoxy groups -OCH3 is 1. The molecule has 1 atom stereocenters. The molecular weight excluding hydrogens is 254 g/mol. The molecule has 0 amide bonds. The highest BCUT2D eigenvalue weighted by molar-refractivity contribution is 5.94. The Balaban J connectivity index is 2.12. The largest absolute Gasteiger partial charge is 0.497 e. The van der Waals surface area contributed by atoms with Gasteiger partial charge in [0.05, 0.1) is 18.4 Å². The number of nitrogens with one attached hydrogen (secondary N) is 1. The van der Waals surface area contributed by atoms with Crippen LogP contribution >= 0.6 is 0 Å². The lowest BCUT2D eigenvalue weighted by Crippen LogP contribution is -2.25. The van der Waals surface area contributed by atoms with Crippen molar-refractivity contribution >= 4 is 5.97 Å². The van der Waals surface area contributed by atoms with Crippen LogP contribution in [0.15, 0.2) is 46.8 Å². The van der Waals surface area contributed by atoms with Crippen LogP contribution in [0.3, 0.4) is 0 Å². The maximum atomic E-state index is 12.0. The van der Waals surface area contributed by atoms with E-state index in [1.54, 1.807) is 7.11 Å². The highest BCUT2D eigenvalue weighted by atomic mass is 16.5. The van der Waals surface area contributed by atoms with Crippen LogP contribution in [-0.4, -0.2) is 19.7 Å². The summed E-state index contributed by atoms with van der Waals surface area (Å²) in [5.74, 6) is 0.503. The van der Waals surface area contributed by atoms with Crippen molar-refractivity contribution in [1.82, 2.24) is 5.32 Å². The molecule has 0 spiro atoms. The number of allylic oxidation sites excluding steroid dienone is 2. The number of carbonyl (C=O) groups is 1. The van der Waals surface area contributed by atoms with E-state index in [4.69, 9.17) is 9.47 Å². The molecule has 2 aliphatic heterocycles. The van der Waals surface area contributed by atoms with Gasteiger partial charge in [-0.2, -0.15) is 0 Å².